The summed E-state index contributed by atoms with van der Waals surface area (Å²) in [4.78, 5) is 22.6. The van der Waals surface area contributed by atoms with Crippen molar-refractivity contribution in [3.8, 4) is 5.75 Å². The second-order valence-corrected chi connectivity index (χ2v) is 5.52. The van der Waals surface area contributed by atoms with Gasteiger partial charge in [0.05, 0.1) is 25.6 Å². The summed E-state index contributed by atoms with van der Waals surface area (Å²) in [6, 6.07) is 3.83. The summed E-state index contributed by atoms with van der Waals surface area (Å²) in [5.41, 5.74) is 2.61. The Morgan fingerprint density at radius 3 is 2.85 bits per heavy atom. The van der Waals surface area contributed by atoms with E-state index in [9.17, 15) is 9.59 Å². The number of carbonyl (C=O) groups is 2. The van der Waals surface area contributed by atoms with Crippen molar-refractivity contribution in [2.75, 3.05) is 12.4 Å². The Labute approximate surface area is 116 Å². The monoisotopic (exact) mass is 275 g/mol. The van der Waals surface area contributed by atoms with Crippen molar-refractivity contribution in [2.45, 2.75) is 31.6 Å². The van der Waals surface area contributed by atoms with Crippen LogP contribution >= 0.6 is 0 Å². The third kappa shape index (κ3) is 2.35. The predicted octanol–water partition coefficient (Wildman–Crippen LogP) is 2.16. The molecule has 1 aromatic carbocycles. The van der Waals surface area contributed by atoms with Crippen molar-refractivity contribution in [1.82, 2.24) is 0 Å². The van der Waals surface area contributed by atoms with E-state index in [1.165, 1.54) is 0 Å². The van der Waals surface area contributed by atoms with Crippen molar-refractivity contribution < 1.29 is 19.4 Å². The molecule has 1 fully saturated rings. The van der Waals surface area contributed by atoms with Gasteiger partial charge in [-0.15, -0.1) is 0 Å². The number of carbonyl (C=O) groups excluding carboxylic acids is 1. The Morgan fingerprint density at radius 1 is 1.50 bits per heavy atom. The average Bonchev–Trinajstić information content (AvgIpc) is 3.16. The Hall–Kier alpha value is -2.04. The van der Waals surface area contributed by atoms with Crippen LogP contribution in [0.4, 0.5) is 5.69 Å². The van der Waals surface area contributed by atoms with Gasteiger partial charge in [-0.25, -0.2) is 0 Å². The number of methoxy groups -OCH3 is 1. The van der Waals surface area contributed by atoms with Crippen LogP contribution in [-0.4, -0.2) is 24.1 Å². The van der Waals surface area contributed by atoms with Gasteiger partial charge in [0.15, 0.2) is 0 Å². The zero-order valence-corrected chi connectivity index (χ0v) is 11.3. The molecule has 1 aliphatic carbocycles. The van der Waals surface area contributed by atoms with Crippen molar-refractivity contribution in [1.29, 1.82) is 0 Å². The minimum Gasteiger partial charge on any atom is -0.495 e. The molecule has 2 N–H and O–H groups in total. The maximum atomic E-state index is 11.5. The predicted molar refractivity (Wildman–Crippen MR) is 73.0 cm³/mol. The zero-order chi connectivity index (χ0) is 14.3. The van der Waals surface area contributed by atoms with Crippen LogP contribution in [0.15, 0.2) is 12.1 Å². The summed E-state index contributed by atoms with van der Waals surface area (Å²) in [5.74, 6) is 0.257. The summed E-state index contributed by atoms with van der Waals surface area (Å²) in [5, 5.41) is 11.9. The van der Waals surface area contributed by atoms with Crippen molar-refractivity contribution >= 4 is 17.6 Å². The second-order valence-electron chi connectivity index (χ2n) is 5.52. The van der Waals surface area contributed by atoms with E-state index in [1.54, 1.807) is 7.11 Å². The van der Waals surface area contributed by atoms with Gasteiger partial charge >= 0.3 is 5.97 Å². The Bertz CT molecular complexity index is 577. The third-order valence-corrected chi connectivity index (χ3v) is 4.06. The van der Waals surface area contributed by atoms with E-state index in [4.69, 9.17) is 9.84 Å². The standard InChI is InChI=1S/C15H17NO4/c1-20-12-5-9(4-10-6-13(17)16-15(10)12)11(7-14(18)19)8-2-3-8/h4-5,8,11H,2-3,6-7H2,1H3,(H,16,17)(H,18,19). The van der Waals surface area contributed by atoms with Gasteiger partial charge in [0.2, 0.25) is 5.91 Å². The van der Waals surface area contributed by atoms with E-state index in [0.29, 0.717) is 18.1 Å². The number of anilines is 1. The Balaban J connectivity index is 1.98. The molecule has 0 saturated heterocycles. The maximum Gasteiger partial charge on any atom is 0.303 e. The van der Waals surface area contributed by atoms with Crippen LogP contribution < -0.4 is 10.1 Å². The zero-order valence-electron chi connectivity index (χ0n) is 11.3. The van der Waals surface area contributed by atoms with Gasteiger partial charge in [-0.1, -0.05) is 6.07 Å². The normalized spacial score (nSPS) is 18.4. The number of hydrogen-bond donors (Lipinski definition) is 2. The average molecular weight is 275 g/mol. The van der Waals surface area contributed by atoms with Crippen molar-refractivity contribution in [3.05, 3.63) is 23.3 Å². The number of rotatable bonds is 5. The lowest BCUT2D eigenvalue weighted by Crippen LogP contribution is -2.09. The molecule has 106 valence electrons. The number of benzene rings is 1. The molecule has 1 heterocycles. The first-order valence-electron chi connectivity index (χ1n) is 6.81. The molecule has 1 aliphatic heterocycles. The number of aliphatic carboxylic acids is 1. The van der Waals surface area contributed by atoms with Crippen LogP contribution in [0.5, 0.6) is 5.75 Å². The molecule has 5 nitrogen and oxygen atoms in total. The molecule has 0 radical (unpaired) electrons. The number of carboxylic acids is 1. The number of hydrogen-bond acceptors (Lipinski definition) is 3. The minimum atomic E-state index is -0.782. The second kappa shape index (κ2) is 4.81. The fraction of sp³-hybridized carbons (Fsp3) is 0.467. The molecule has 20 heavy (non-hydrogen) atoms. The molecule has 1 atom stereocenters. The number of ether oxygens (including phenoxy) is 1. The molecular weight excluding hydrogens is 258 g/mol. The highest BCUT2D eigenvalue weighted by Crippen LogP contribution is 2.47. The topological polar surface area (TPSA) is 75.6 Å². The molecular formula is C15H17NO4. The fourth-order valence-electron chi connectivity index (χ4n) is 2.95. The van der Waals surface area contributed by atoms with Gasteiger partial charge in [-0.3, -0.25) is 9.59 Å². The van der Waals surface area contributed by atoms with E-state index in [0.717, 1.165) is 29.7 Å². The van der Waals surface area contributed by atoms with Gasteiger partial charge in [-0.05, 0) is 41.9 Å². The molecule has 0 spiro atoms. The smallest absolute Gasteiger partial charge is 0.303 e. The lowest BCUT2D eigenvalue weighted by Gasteiger charge is -2.17. The maximum absolute atomic E-state index is 11.5. The fourth-order valence-corrected chi connectivity index (χ4v) is 2.95. The minimum absolute atomic E-state index is 0.0161. The molecule has 0 aromatic heterocycles. The van der Waals surface area contributed by atoms with Crippen LogP contribution in [0.2, 0.25) is 0 Å². The highest BCUT2D eigenvalue weighted by molar-refractivity contribution is 6.01. The first-order valence-corrected chi connectivity index (χ1v) is 6.81. The highest BCUT2D eigenvalue weighted by atomic mass is 16.5. The van der Waals surface area contributed by atoms with E-state index < -0.39 is 5.97 Å². The van der Waals surface area contributed by atoms with E-state index in [2.05, 4.69) is 5.32 Å². The van der Waals surface area contributed by atoms with Gasteiger partial charge in [-0.2, -0.15) is 0 Å². The first kappa shape index (κ1) is 13.0. The molecule has 0 bridgehead atoms. The summed E-state index contributed by atoms with van der Waals surface area (Å²) in [6.45, 7) is 0. The van der Waals surface area contributed by atoms with Crippen LogP contribution in [-0.2, 0) is 16.0 Å². The molecule has 1 aromatic rings. The molecule has 1 saturated carbocycles. The molecule has 2 aliphatic rings. The van der Waals surface area contributed by atoms with Crippen molar-refractivity contribution in [2.24, 2.45) is 5.92 Å². The first-order chi connectivity index (χ1) is 9.58. The van der Waals surface area contributed by atoms with Crippen molar-refractivity contribution in [3.63, 3.8) is 0 Å². The number of fused-ring (bicyclic) bond motifs is 1. The van der Waals surface area contributed by atoms with Gasteiger partial charge in [0.1, 0.15) is 5.75 Å². The van der Waals surface area contributed by atoms with E-state index in [-0.39, 0.29) is 18.2 Å². The molecule has 3 rings (SSSR count). The number of carboxylic acid groups (broad SMARTS) is 1. The van der Waals surface area contributed by atoms with Crippen LogP contribution in [0.25, 0.3) is 0 Å². The van der Waals surface area contributed by atoms with Gasteiger partial charge in [0.25, 0.3) is 0 Å². The summed E-state index contributed by atoms with van der Waals surface area (Å²) >= 11 is 0. The van der Waals surface area contributed by atoms with Gasteiger partial charge in [0, 0.05) is 0 Å². The highest BCUT2D eigenvalue weighted by Gasteiger charge is 2.35. The quantitative estimate of drug-likeness (QED) is 0.863. The van der Waals surface area contributed by atoms with Crippen LogP contribution in [0.1, 0.15) is 36.3 Å². The third-order valence-electron chi connectivity index (χ3n) is 4.06. The Kier molecular flexibility index (Phi) is 3.12. The largest absolute Gasteiger partial charge is 0.495 e. The summed E-state index contributed by atoms with van der Waals surface area (Å²) in [7, 11) is 1.56. The number of nitrogens with one attached hydrogen (secondary N) is 1. The summed E-state index contributed by atoms with van der Waals surface area (Å²) < 4.78 is 5.34. The molecule has 1 unspecified atom stereocenters. The van der Waals surface area contributed by atoms with Crippen LogP contribution in [0.3, 0.4) is 0 Å². The molecule has 5 heteroatoms. The lowest BCUT2D eigenvalue weighted by molar-refractivity contribution is -0.137. The Morgan fingerprint density at radius 2 is 2.25 bits per heavy atom. The van der Waals surface area contributed by atoms with E-state index >= 15 is 0 Å². The SMILES string of the molecule is COc1cc(C(CC(=O)O)C2CC2)cc2c1NC(=O)C2. The molecule has 1 amide bonds. The number of amides is 1. The lowest BCUT2D eigenvalue weighted by atomic mass is 9.89. The van der Waals surface area contributed by atoms with Crippen LogP contribution in [0, 0.1) is 5.92 Å². The summed E-state index contributed by atoms with van der Waals surface area (Å²) in [6.07, 6.45) is 2.63. The van der Waals surface area contributed by atoms with Gasteiger partial charge < -0.3 is 15.2 Å². The van der Waals surface area contributed by atoms with E-state index in [1.807, 2.05) is 12.1 Å².